The van der Waals surface area contributed by atoms with Crippen LogP contribution in [0.15, 0.2) is 115 Å². The van der Waals surface area contributed by atoms with Gasteiger partial charge in [0.25, 0.3) is 6.71 Å². The van der Waals surface area contributed by atoms with Gasteiger partial charge in [0.05, 0.1) is 11.2 Å². The van der Waals surface area contributed by atoms with Crippen LogP contribution in [0.25, 0.3) is 0 Å². The maximum Gasteiger partial charge on any atom is 0.252 e. The molecule has 0 saturated heterocycles. The van der Waals surface area contributed by atoms with Gasteiger partial charge in [-0.25, -0.2) is 0 Å². The lowest BCUT2D eigenvalue weighted by Crippen LogP contribution is -2.64. The highest BCUT2D eigenvalue weighted by Crippen LogP contribution is 2.62. The second-order valence-corrected chi connectivity index (χ2v) is 20.9. The molecule has 0 spiro atoms. The van der Waals surface area contributed by atoms with Gasteiger partial charge in [-0.1, -0.05) is 128 Å². The highest BCUT2D eigenvalue weighted by atomic mass is 15.3. The highest BCUT2D eigenvalue weighted by Gasteiger charge is 2.61. The maximum absolute atomic E-state index is 2.87. The minimum Gasteiger partial charge on any atom is -0.335 e. The molecule has 298 valence electrons. The predicted molar refractivity (Wildman–Crippen MR) is 255 cm³/mol. The van der Waals surface area contributed by atoms with Gasteiger partial charge in [-0.2, -0.15) is 0 Å². The summed E-state index contributed by atoms with van der Waals surface area (Å²) in [5.41, 5.74) is 22.5. The van der Waals surface area contributed by atoms with Gasteiger partial charge in [0.1, 0.15) is 0 Å². The average molecular weight is 774 g/mol. The number of hydrogen-bond acceptors (Lipinski definition) is 3. The van der Waals surface area contributed by atoms with E-state index < -0.39 is 0 Å². The molecule has 6 aromatic carbocycles. The molecule has 4 aliphatic rings. The number of anilines is 8. The molecule has 6 aromatic rings. The van der Waals surface area contributed by atoms with Crippen LogP contribution in [-0.2, 0) is 16.2 Å². The van der Waals surface area contributed by atoms with E-state index in [4.69, 9.17) is 0 Å². The van der Waals surface area contributed by atoms with Gasteiger partial charge in [-0.3, -0.25) is 0 Å². The van der Waals surface area contributed by atoms with E-state index in [1.165, 1.54) is 115 Å². The molecule has 3 nitrogen and oxygen atoms in total. The summed E-state index contributed by atoms with van der Waals surface area (Å²) < 4.78 is 0. The molecule has 3 heterocycles. The van der Waals surface area contributed by atoms with E-state index >= 15 is 0 Å². The predicted octanol–water partition coefficient (Wildman–Crippen LogP) is 13.0. The van der Waals surface area contributed by atoms with Crippen molar-refractivity contribution < 1.29 is 0 Å². The van der Waals surface area contributed by atoms with Crippen molar-refractivity contribution in [2.24, 2.45) is 0 Å². The number of hydrogen-bond donors (Lipinski definition) is 0. The van der Waals surface area contributed by atoms with Crippen molar-refractivity contribution in [3.05, 3.63) is 149 Å². The lowest BCUT2D eigenvalue weighted by molar-refractivity contribution is 0.195. The minimum absolute atomic E-state index is 0.00127. The lowest BCUT2D eigenvalue weighted by atomic mass is 9.33. The molecular formula is C55H60BN3. The zero-order chi connectivity index (χ0) is 41.4. The second-order valence-electron chi connectivity index (χ2n) is 20.9. The van der Waals surface area contributed by atoms with Crippen LogP contribution in [-0.4, -0.2) is 12.3 Å². The first-order valence-electron chi connectivity index (χ1n) is 22.1. The summed E-state index contributed by atoms with van der Waals surface area (Å²) in [6, 6.07) is 45.1. The van der Waals surface area contributed by atoms with Crippen molar-refractivity contribution in [2.75, 3.05) is 14.7 Å². The average Bonchev–Trinajstić information content (AvgIpc) is 3.39. The Morgan fingerprint density at radius 2 is 1.19 bits per heavy atom. The van der Waals surface area contributed by atoms with E-state index in [1.807, 2.05) is 0 Å². The van der Waals surface area contributed by atoms with Gasteiger partial charge in [0.2, 0.25) is 0 Å². The topological polar surface area (TPSA) is 9.72 Å². The normalized spacial score (nSPS) is 20.2. The number of rotatable bonds is 4. The smallest absolute Gasteiger partial charge is 0.252 e. The summed E-state index contributed by atoms with van der Waals surface area (Å²) >= 11 is 0. The summed E-state index contributed by atoms with van der Waals surface area (Å²) in [4.78, 5) is 8.03. The molecule has 1 aliphatic carbocycles. The van der Waals surface area contributed by atoms with Crippen molar-refractivity contribution in [1.82, 2.24) is 0 Å². The third-order valence-electron chi connectivity index (χ3n) is 14.8. The molecule has 1 fully saturated rings. The maximum atomic E-state index is 2.87. The van der Waals surface area contributed by atoms with Crippen molar-refractivity contribution in [3.8, 4) is 0 Å². The van der Waals surface area contributed by atoms with E-state index in [1.54, 1.807) is 5.56 Å². The minimum atomic E-state index is -0.0711. The Morgan fingerprint density at radius 1 is 0.559 bits per heavy atom. The van der Waals surface area contributed by atoms with Crippen LogP contribution in [0, 0.1) is 20.8 Å². The third kappa shape index (κ3) is 5.61. The van der Waals surface area contributed by atoms with E-state index in [-0.39, 0.29) is 28.5 Å². The lowest BCUT2D eigenvalue weighted by Gasteiger charge is -2.53. The van der Waals surface area contributed by atoms with Crippen LogP contribution in [0.3, 0.4) is 0 Å². The number of fused-ring (bicyclic) bond motifs is 7. The first-order valence-corrected chi connectivity index (χ1v) is 22.1. The van der Waals surface area contributed by atoms with Gasteiger partial charge < -0.3 is 14.7 Å². The van der Waals surface area contributed by atoms with E-state index in [2.05, 4.69) is 206 Å². The Hall–Kier alpha value is -5.22. The molecule has 0 N–H and O–H groups in total. The quantitative estimate of drug-likeness (QED) is 0.165. The van der Waals surface area contributed by atoms with Gasteiger partial charge >= 0.3 is 0 Å². The van der Waals surface area contributed by atoms with E-state index in [0.29, 0.717) is 0 Å². The molecule has 0 radical (unpaired) electrons. The molecule has 2 atom stereocenters. The highest BCUT2D eigenvalue weighted by molar-refractivity contribution is 7.00. The second kappa shape index (κ2) is 12.9. The van der Waals surface area contributed by atoms with Crippen molar-refractivity contribution in [1.29, 1.82) is 0 Å². The fourth-order valence-electron chi connectivity index (χ4n) is 11.4. The van der Waals surface area contributed by atoms with Crippen LogP contribution < -0.4 is 31.1 Å². The molecular weight excluding hydrogens is 713 g/mol. The molecule has 0 aromatic heterocycles. The number of benzene rings is 6. The Balaban J connectivity index is 1.37. The molecule has 4 heteroatoms. The number of nitrogens with zero attached hydrogens (tertiary/aromatic N) is 3. The van der Waals surface area contributed by atoms with Gasteiger partial charge in [-0.05, 0) is 150 Å². The van der Waals surface area contributed by atoms with Crippen molar-refractivity contribution >= 4 is 68.6 Å². The van der Waals surface area contributed by atoms with E-state index in [9.17, 15) is 0 Å². The Bertz CT molecular complexity index is 2650. The molecule has 0 amide bonds. The molecule has 10 rings (SSSR count). The van der Waals surface area contributed by atoms with Crippen molar-refractivity contribution in [3.63, 3.8) is 0 Å². The first kappa shape index (κ1) is 38.0. The van der Waals surface area contributed by atoms with Gasteiger partial charge in [0.15, 0.2) is 0 Å². The van der Waals surface area contributed by atoms with Crippen LogP contribution in [0.4, 0.5) is 45.5 Å². The van der Waals surface area contributed by atoms with Crippen LogP contribution in [0.5, 0.6) is 0 Å². The Kier molecular flexibility index (Phi) is 8.31. The van der Waals surface area contributed by atoms with Gasteiger partial charge in [0, 0.05) is 45.2 Å². The fraction of sp³-hybridized carbons (Fsp3) is 0.345. The van der Waals surface area contributed by atoms with Gasteiger partial charge in [-0.15, -0.1) is 0 Å². The SMILES string of the molecule is Cc1cccc(N(c2cccc(C)c2)c2cc3c4c(c2)N2c5c(cc(C)cc5C5(C)CCCCC25C)B4c2ccc(C(C)(C)C)cc2N3c2cccc(C(C)(C)C)c2)c1. The van der Waals surface area contributed by atoms with Crippen LogP contribution in [0.2, 0.25) is 0 Å². The molecule has 59 heavy (non-hydrogen) atoms. The molecule has 3 aliphatic heterocycles. The molecule has 2 unspecified atom stereocenters. The number of aryl methyl sites for hydroxylation is 3. The molecule has 1 saturated carbocycles. The molecule has 0 bridgehead atoms. The van der Waals surface area contributed by atoms with Crippen LogP contribution >= 0.6 is 0 Å². The first-order chi connectivity index (χ1) is 28.0. The zero-order valence-corrected chi connectivity index (χ0v) is 37.2. The standard InChI is InChI=1S/C55H60BN3/c1-35-17-14-20-40(27-35)57(41-21-15-18-36(2)28-41)43-33-48-50-49(34-43)59-51-44(54(10)25-12-13-26-55(54,59)11)29-37(3)30-46(51)56(50)45-24-23-39(53(7,8)9)32-47(45)58(48)42-22-16-19-38(31-42)52(4,5)6/h14-24,27-34H,12-13,25-26H2,1-11H3. The third-order valence-corrected chi connectivity index (χ3v) is 14.8. The van der Waals surface area contributed by atoms with Crippen molar-refractivity contribution in [2.45, 2.75) is 124 Å². The Labute approximate surface area is 354 Å². The summed E-state index contributed by atoms with van der Waals surface area (Å²) in [7, 11) is 0. The monoisotopic (exact) mass is 773 g/mol. The van der Waals surface area contributed by atoms with Crippen LogP contribution in [0.1, 0.15) is 114 Å². The largest absolute Gasteiger partial charge is 0.335 e. The summed E-state index contributed by atoms with van der Waals surface area (Å²) in [6.07, 6.45) is 4.90. The zero-order valence-electron chi connectivity index (χ0n) is 37.2. The summed E-state index contributed by atoms with van der Waals surface area (Å²) in [5.74, 6) is 0. The summed E-state index contributed by atoms with van der Waals surface area (Å²) in [6.45, 7) is 26.1. The fourth-order valence-corrected chi connectivity index (χ4v) is 11.4. The Morgan fingerprint density at radius 3 is 1.85 bits per heavy atom. The van der Waals surface area contributed by atoms with E-state index in [0.717, 1.165) is 0 Å². The summed E-state index contributed by atoms with van der Waals surface area (Å²) in [5, 5.41) is 0.